The number of esters is 2. The number of hydrogen-bond acceptors (Lipinski definition) is 15. The molecule has 0 saturated carbocycles. The number of carbonyl (C=O) groups is 2. The minimum atomic E-state index is -1.78. The number of ether oxygens (including phenoxy) is 6. The summed E-state index contributed by atoms with van der Waals surface area (Å²) in [5.74, 6) is -1.00. The van der Waals surface area contributed by atoms with Gasteiger partial charge in [0, 0.05) is 12.8 Å². The van der Waals surface area contributed by atoms with Crippen molar-refractivity contribution in [2.24, 2.45) is 0 Å². The molecule has 0 aromatic carbocycles. The number of rotatable bonds is 40. The van der Waals surface area contributed by atoms with E-state index >= 15 is 0 Å². The van der Waals surface area contributed by atoms with Crippen molar-refractivity contribution < 1.29 is 73.8 Å². The van der Waals surface area contributed by atoms with Gasteiger partial charge in [0.2, 0.25) is 0 Å². The van der Waals surface area contributed by atoms with E-state index in [1.165, 1.54) is 38.5 Å². The van der Waals surface area contributed by atoms with E-state index in [0.717, 1.165) is 83.5 Å². The molecule has 70 heavy (non-hydrogen) atoms. The van der Waals surface area contributed by atoms with E-state index in [9.17, 15) is 45.3 Å². The highest BCUT2D eigenvalue weighted by Gasteiger charge is 2.47. The minimum Gasteiger partial charge on any atom is -0.462 e. The summed E-state index contributed by atoms with van der Waals surface area (Å²) in [7, 11) is 0. The van der Waals surface area contributed by atoms with E-state index in [-0.39, 0.29) is 19.4 Å². The van der Waals surface area contributed by atoms with Crippen molar-refractivity contribution >= 4 is 11.9 Å². The molecular formula is C55H92O15. The van der Waals surface area contributed by atoms with Crippen molar-refractivity contribution in [3.05, 3.63) is 72.9 Å². The maximum Gasteiger partial charge on any atom is 0.306 e. The normalized spacial score (nSPS) is 26.0. The van der Waals surface area contributed by atoms with E-state index < -0.39 is 99.3 Å². The first kappa shape index (κ1) is 63.1. The van der Waals surface area contributed by atoms with Gasteiger partial charge >= 0.3 is 11.9 Å². The Kier molecular flexibility index (Phi) is 37.3. The van der Waals surface area contributed by atoms with Gasteiger partial charge in [-0.25, -0.2) is 0 Å². The van der Waals surface area contributed by atoms with Crippen LogP contribution in [0, 0.1) is 0 Å². The Morgan fingerprint density at radius 1 is 0.457 bits per heavy atom. The van der Waals surface area contributed by atoms with Crippen LogP contribution in [0.2, 0.25) is 0 Å². The van der Waals surface area contributed by atoms with Crippen molar-refractivity contribution in [1.82, 2.24) is 0 Å². The lowest BCUT2D eigenvalue weighted by atomic mass is 9.98. The van der Waals surface area contributed by atoms with Gasteiger partial charge in [0.15, 0.2) is 18.7 Å². The summed E-state index contributed by atoms with van der Waals surface area (Å²) < 4.78 is 33.5. The zero-order valence-corrected chi connectivity index (χ0v) is 42.5. The van der Waals surface area contributed by atoms with E-state index in [4.69, 9.17) is 28.4 Å². The molecule has 2 rings (SSSR count). The number of aliphatic hydroxyl groups is 7. The summed E-state index contributed by atoms with van der Waals surface area (Å²) in [5.41, 5.74) is 0. The zero-order valence-electron chi connectivity index (χ0n) is 42.5. The summed E-state index contributed by atoms with van der Waals surface area (Å²) in [6, 6.07) is 0. The minimum absolute atomic E-state index is 0.137. The van der Waals surface area contributed by atoms with Gasteiger partial charge in [0.1, 0.15) is 55.4 Å². The van der Waals surface area contributed by atoms with Gasteiger partial charge in [-0.3, -0.25) is 9.59 Å². The highest BCUT2D eigenvalue weighted by molar-refractivity contribution is 5.70. The van der Waals surface area contributed by atoms with Crippen LogP contribution in [0.25, 0.3) is 0 Å². The lowest BCUT2D eigenvalue weighted by Crippen LogP contribution is -2.61. The Morgan fingerprint density at radius 3 is 1.39 bits per heavy atom. The average Bonchev–Trinajstić information content (AvgIpc) is 3.35. The molecule has 15 nitrogen and oxygen atoms in total. The van der Waals surface area contributed by atoms with Crippen LogP contribution in [0.5, 0.6) is 0 Å². The van der Waals surface area contributed by atoms with Crippen LogP contribution in [0.15, 0.2) is 72.9 Å². The second-order valence-electron chi connectivity index (χ2n) is 18.3. The molecular weight excluding hydrogens is 901 g/mol. The highest BCUT2D eigenvalue weighted by Crippen LogP contribution is 2.26. The first-order valence-corrected chi connectivity index (χ1v) is 26.5. The fourth-order valence-electron chi connectivity index (χ4n) is 7.77. The van der Waals surface area contributed by atoms with Crippen LogP contribution < -0.4 is 0 Å². The van der Waals surface area contributed by atoms with E-state index in [0.29, 0.717) is 19.3 Å². The van der Waals surface area contributed by atoms with E-state index in [1.807, 2.05) is 6.08 Å². The molecule has 0 aliphatic carbocycles. The fourth-order valence-corrected chi connectivity index (χ4v) is 7.77. The Bertz CT molecular complexity index is 1490. The number of unbranched alkanes of at least 4 members (excludes halogenated alkanes) is 14. The number of allylic oxidation sites excluding steroid dienone is 12. The van der Waals surface area contributed by atoms with Crippen LogP contribution in [-0.2, 0) is 38.0 Å². The predicted molar refractivity (Wildman–Crippen MR) is 270 cm³/mol. The topological polar surface area (TPSA) is 231 Å². The zero-order chi connectivity index (χ0) is 51.0. The fraction of sp³-hybridized carbons (Fsp3) is 0.745. The molecule has 2 aliphatic heterocycles. The molecule has 0 aromatic rings. The van der Waals surface area contributed by atoms with Crippen LogP contribution in [0.3, 0.4) is 0 Å². The molecule has 4 unspecified atom stereocenters. The van der Waals surface area contributed by atoms with E-state index in [2.05, 4.69) is 80.7 Å². The SMILES string of the molecule is CCCCC/C=C/C/C=C/C/C=C/C/C=C/CCCC(=O)OC[C@@H](CO[C@@H]1O[C@H](CO[C@@H]2O[C@H](CO)[C@H](O)C(O)C2O)[C@H](O)C(O)C1O)OC(=O)CCCCCCCCC/C=C/C/C=C/CCCCC. The molecule has 2 aliphatic rings. The quantitative estimate of drug-likeness (QED) is 0.0176. The molecule has 15 heteroatoms. The van der Waals surface area contributed by atoms with Gasteiger partial charge in [-0.2, -0.15) is 0 Å². The molecule has 2 heterocycles. The second-order valence-corrected chi connectivity index (χ2v) is 18.3. The maximum absolute atomic E-state index is 13.0. The molecule has 0 amide bonds. The summed E-state index contributed by atoms with van der Waals surface area (Å²) in [6.07, 6.45) is 32.1. The molecule has 2 saturated heterocycles. The predicted octanol–water partition coefficient (Wildman–Crippen LogP) is 7.82. The third-order valence-corrected chi connectivity index (χ3v) is 12.2. The summed E-state index contributed by atoms with van der Waals surface area (Å²) in [5, 5.41) is 72.1. The molecule has 0 spiro atoms. The number of hydrogen-bond donors (Lipinski definition) is 7. The van der Waals surface area contributed by atoms with Gasteiger partial charge in [0.25, 0.3) is 0 Å². The van der Waals surface area contributed by atoms with Crippen LogP contribution in [0.1, 0.15) is 168 Å². The second kappa shape index (κ2) is 41.4. The highest BCUT2D eigenvalue weighted by atomic mass is 16.7. The molecule has 0 bridgehead atoms. The Balaban J connectivity index is 1.83. The van der Waals surface area contributed by atoms with Gasteiger partial charge in [-0.15, -0.1) is 0 Å². The molecule has 7 N–H and O–H groups in total. The Labute approximate surface area is 419 Å². The standard InChI is InChI=1S/C55H92O15/c1-3-5-7-9-11-13-15-17-19-21-23-25-27-29-31-33-35-37-46(57)65-40-43(68-47(58)38-36-34-32-30-28-26-24-22-20-18-16-14-12-10-8-6-4-2)41-66-54-53(64)51(62)49(60)45(70-54)42-67-55-52(63)50(61)48(59)44(39-56)69-55/h11-14,17-20,23,25,29,31,43-45,48-56,59-64H,3-10,15-16,21-22,24,26-28,30,32-42H2,1-2H3/b13-11+,14-12+,19-17+,20-18+,25-23+,31-29+/t43-,44+,45+,48-,49-,50?,51?,52?,53?,54+,55+/m0/s1. The third kappa shape index (κ3) is 28.8. The summed E-state index contributed by atoms with van der Waals surface area (Å²) in [4.78, 5) is 25.8. The molecule has 0 aromatic heterocycles. The number of carbonyl (C=O) groups excluding carboxylic acids is 2. The van der Waals surface area contributed by atoms with Crippen molar-refractivity contribution in [1.29, 1.82) is 0 Å². The Hall–Kier alpha value is -3.06. The van der Waals surface area contributed by atoms with Gasteiger partial charge < -0.3 is 64.2 Å². The lowest BCUT2D eigenvalue weighted by Gasteiger charge is -2.42. The van der Waals surface area contributed by atoms with Crippen molar-refractivity contribution in [2.75, 3.05) is 26.4 Å². The first-order chi connectivity index (χ1) is 34.0. The Morgan fingerprint density at radius 2 is 0.871 bits per heavy atom. The van der Waals surface area contributed by atoms with Crippen molar-refractivity contribution in [2.45, 2.75) is 235 Å². The van der Waals surface area contributed by atoms with Crippen molar-refractivity contribution in [3.8, 4) is 0 Å². The largest absolute Gasteiger partial charge is 0.462 e. The molecule has 0 radical (unpaired) electrons. The van der Waals surface area contributed by atoms with Gasteiger partial charge in [-0.1, -0.05) is 145 Å². The van der Waals surface area contributed by atoms with Crippen LogP contribution >= 0.6 is 0 Å². The number of aliphatic hydroxyl groups excluding tert-OH is 7. The first-order valence-electron chi connectivity index (χ1n) is 26.5. The summed E-state index contributed by atoms with van der Waals surface area (Å²) >= 11 is 0. The average molecular weight is 993 g/mol. The van der Waals surface area contributed by atoms with Crippen LogP contribution in [-0.4, -0.2) is 142 Å². The molecule has 2 fully saturated rings. The smallest absolute Gasteiger partial charge is 0.306 e. The van der Waals surface area contributed by atoms with Crippen molar-refractivity contribution in [3.63, 3.8) is 0 Å². The molecule has 402 valence electrons. The van der Waals surface area contributed by atoms with E-state index in [1.54, 1.807) is 0 Å². The van der Waals surface area contributed by atoms with Gasteiger partial charge in [0.05, 0.1) is 19.8 Å². The lowest BCUT2D eigenvalue weighted by molar-refractivity contribution is -0.332. The maximum atomic E-state index is 13.0. The monoisotopic (exact) mass is 993 g/mol. The third-order valence-electron chi connectivity index (χ3n) is 12.2. The molecule has 11 atom stereocenters. The summed E-state index contributed by atoms with van der Waals surface area (Å²) in [6.45, 7) is 2.46. The van der Waals surface area contributed by atoms with Gasteiger partial charge in [-0.05, 0) is 83.5 Å². The van der Waals surface area contributed by atoms with Crippen LogP contribution in [0.4, 0.5) is 0 Å².